The van der Waals surface area contributed by atoms with Crippen molar-refractivity contribution in [3.05, 3.63) is 52.3 Å². The maximum Gasteiger partial charge on any atom is 0.227 e. The molecule has 5 heteroatoms. The van der Waals surface area contributed by atoms with Gasteiger partial charge in [0.05, 0.1) is 18.2 Å². The van der Waals surface area contributed by atoms with Crippen molar-refractivity contribution in [2.24, 2.45) is 0 Å². The molecule has 1 aliphatic heterocycles. The van der Waals surface area contributed by atoms with Crippen LogP contribution in [0.1, 0.15) is 40.6 Å². The van der Waals surface area contributed by atoms with Crippen LogP contribution in [0.15, 0.2) is 24.3 Å². The van der Waals surface area contributed by atoms with Crippen molar-refractivity contribution in [1.29, 1.82) is 0 Å². The minimum atomic E-state index is -0.494. The van der Waals surface area contributed by atoms with E-state index >= 15 is 0 Å². The highest BCUT2D eigenvalue weighted by Gasteiger charge is 2.24. The summed E-state index contributed by atoms with van der Waals surface area (Å²) in [5.74, 6) is 0.0801. The molecule has 3 rings (SSSR count). The predicted molar refractivity (Wildman–Crippen MR) is 83.2 cm³/mol. The third-order valence-electron chi connectivity index (χ3n) is 4.41. The van der Waals surface area contributed by atoms with Crippen molar-refractivity contribution < 1.29 is 9.90 Å². The van der Waals surface area contributed by atoms with Gasteiger partial charge in [0, 0.05) is 24.3 Å². The number of H-pyrrole nitrogens is 1. The molecule has 1 aromatic carbocycles. The van der Waals surface area contributed by atoms with Gasteiger partial charge in [0.1, 0.15) is 0 Å². The fourth-order valence-corrected chi connectivity index (χ4v) is 3.03. The summed E-state index contributed by atoms with van der Waals surface area (Å²) in [4.78, 5) is 14.5. The number of hydrogen-bond acceptors (Lipinski definition) is 3. The summed E-state index contributed by atoms with van der Waals surface area (Å²) >= 11 is 0. The van der Waals surface area contributed by atoms with Gasteiger partial charge in [-0.05, 0) is 31.4 Å². The number of carbonyl (C=O) groups excluding carboxylic acids is 1. The number of aliphatic hydroxyl groups excluding tert-OH is 1. The normalized spacial score (nSPS) is 18.0. The van der Waals surface area contributed by atoms with E-state index in [1.165, 1.54) is 0 Å². The summed E-state index contributed by atoms with van der Waals surface area (Å²) in [6.45, 7) is 4.98. The zero-order valence-electron chi connectivity index (χ0n) is 13.0. The van der Waals surface area contributed by atoms with E-state index in [1.54, 1.807) is 0 Å². The second-order valence-electron chi connectivity index (χ2n) is 5.91. The van der Waals surface area contributed by atoms with Gasteiger partial charge in [-0.3, -0.25) is 9.89 Å². The van der Waals surface area contributed by atoms with Crippen LogP contribution in [0.2, 0.25) is 0 Å². The number of aromatic nitrogens is 2. The van der Waals surface area contributed by atoms with E-state index in [2.05, 4.69) is 10.2 Å². The van der Waals surface area contributed by atoms with Crippen LogP contribution in [0.5, 0.6) is 0 Å². The lowest BCUT2D eigenvalue weighted by atomic mass is 10.0. The first-order valence-electron chi connectivity index (χ1n) is 7.60. The van der Waals surface area contributed by atoms with Gasteiger partial charge in [0.2, 0.25) is 5.91 Å². The molecule has 1 aliphatic rings. The van der Waals surface area contributed by atoms with Crippen molar-refractivity contribution in [2.45, 2.75) is 39.3 Å². The van der Waals surface area contributed by atoms with Gasteiger partial charge in [0.25, 0.3) is 0 Å². The van der Waals surface area contributed by atoms with Crippen molar-refractivity contribution in [2.75, 3.05) is 6.54 Å². The highest BCUT2D eigenvalue weighted by atomic mass is 16.3. The van der Waals surface area contributed by atoms with Gasteiger partial charge >= 0.3 is 0 Å². The number of hydrogen-bond donors (Lipinski definition) is 2. The van der Waals surface area contributed by atoms with Crippen LogP contribution in [0.3, 0.4) is 0 Å². The Bertz CT molecular complexity index is 673. The highest BCUT2D eigenvalue weighted by Crippen LogP contribution is 2.26. The molecule has 2 N–H and O–H groups in total. The van der Waals surface area contributed by atoms with Gasteiger partial charge in [-0.1, -0.05) is 24.3 Å². The number of rotatable bonds is 2. The van der Waals surface area contributed by atoms with Crippen LogP contribution in [0.25, 0.3) is 0 Å². The SMILES string of the molecule is Cc1n[nH]c(C)c1CC(=O)N1CCC(O)c2ccccc2C1. The number of aryl methyl sites for hydroxylation is 2. The lowest BCUT2D eigenvalue weighted by Crippen LogP contribution is -2.32. The molecule has 1 unspecified atom stereocenters. The third-order valence-corrected chi connectivity index (χ3v) is 4.41. The molecule has 116 valence electrons. The number of carbonyl (C=O) groups is 1. The molecule has 0 radical (unpaired) electrons. The fourth-order valence-electron chi connectivity index (χ4n) is 3.03. The second kappa shape index (κ2) is 5.93. The van der Waals surface area contributed by atoms with Crippen molar-refractivity contribution in [1.82, 2.24) is 15.1 Å². The lowest BCUT2D eigenvalue weighted by Gasteiger charge is -2.21. The summed E-state index contributed by atoms with van der Waals surface area (Å²) < 4.78 is 0. The van der Waals surface area contributed by atoms with Gasteiger partial charge in [-0.15, -0.1) is 0 Å². The summed E-state index contributed by atoms with van der Waals surface area (Å²) in [5.41, 5.74) is 4.76. The average molecular weight is 299 g/mol. The number of aliphatic hydroxyl groups is 1. The smallest absolute Gasteiger partial charge is 0.227 e. The van der Waals surface area contributed by atoms with E-state index in [0.717, 1.165) is 28.1 Å². The standard InChI is InChI=1S/C17H21N3O2/c1-11-15(12(2)19-18-11)9-17(22)20-8-7-16(21)14-6-4-3-5-13(14)10-20/h3-6,16,21H,7-10H2,1-2H3,(H,18,19). The molecule has 0 fully saturated rings. The molecule has 22 heavy (non-hydrogen) atoms. The van der Waals surface area contributed by atoms with Gasteiger partial charge in [-0.2, -0.15) is 5.10 Å². The zero-order chi connectivity index (χ0) is 15.7. The van der Waals surface area contributed by atoms with Crippen LogP contribution in [0.4, 0.5) is 0 Å². The van der Waals surface area contributed by atoms with E-state index in [1.807, 2.05) is 43.0 Å². The van der Waals surface area contributed by atoms with E-state index < -0.39 is 6.10 Å². The minimum Gasteiger partial charge on any atom is -0.388 e. The molecule has 1 amide bonds. The Balaban J connectivity index is 1.80. The monoisotopic (exact) mass is 299 g/mol. The van der Waals surface area contributed by atoms with Crippen LogP contribution >= 0.6 is 0 Å². The number of nitrogens with one attached hydrogen (secondary N) is 1. The number of nitrogens with zero attached hydrogens (tertiary/aromatic N) is 2. The average Bonchev–Trinajstić information content (AvgIpc) is 2.73. The maximum absolute atomic E-state index is 12.6. The quantitative estimate of drug-likeness (QED) is 0.891. The van der Waals surface area contributed by atoms with E-state index in [0.29, 0.717) is 25.9 Å². The van der Waals surface area contributed by atoms with E-state index in [4.69, 9.17) is 0 Å². The van der Waals surface area contributed by atoms with Crippen LogP contribution < -0.4 is 0 Å². The molecule has 1 aromatic heterocycles. The van der Waals surface area contributed by atoms with Gasteiger partial charge < -0.3 is 10.0 Å². The first-order chi connectivity index (χ1) is 10.6. The number of aromatic amines is 1. The molecule has 1 atom stereocenters. The van der Waals surface area contributed by atoms with E-state index in [-0.39, 0.29) is 5.91 Å². The van der Waals surface area contributed by atoms with Crippen LogP contribution in [-0.2, 0) is 17.8 Å². The maximum atomic E-state index is 12.6. The molecule has 0 bridgehead atoms. The Hall–Kier alpha value is -2.14. The van der Waals surface area contributed by atoms with Crippen molar-refractivity contribution in [3.8, 4) is 0 Å². The Labute approximate surface area is 130 Å². The fraction of sp³-hybridized carbons (Fsp3) is 0.412. The third kappa shape index (κ3) is 2.76. The molecular formula is C17H21N3O2. The minimum absolute atomic E-state index is 0.0801. The van der Waals surface area contributed by atoms with Crippen LogP contribution in [0, 0.1) is 13.8 Å². The summed E-state index contributed by atoms with van der Waals surface area (Å²) in [6, 6.07) is 7.80. The Morgan fingerprint density at radius 2 is 2.18 bits per heavy atom. The Morgan fingerprint density at radius 3 is 2.91 bits per heavy atom. The second-order valence-corrected chi connectivity index (χ2v) is 5.91. The summed E-state index contributed by atoms with van der Waals surface area (Å²) in [6.07, 6.45) is 0.435. The first-order valence-corrected chi connectivity index (χ1v) is 7.60. The topological polar surface area (TPSA) is 69.2 Å². The van der Waals surface area contributed by atoms with Gasteiger partial charge in [0.15, 0.2) is 0 Å². The molecular weight excluding hydrogens is 278 g/mol. The van der Waals surface area contributed by atoms with Gasteiger partial charge in [-0.25, -0.2) is 0 Å². The Kier molecular flexibility index (Phi) is 3.98. The zero-order valence-corrected chi connectivity index (χ0v) is 13.0. The Morgan fingerprint density at radius 1 is 1.41 bits per heavy atom. The molecule has 0 spiro atoms. The van der Waals surface area contributed by atoms with E-state index in [9.17, 15) is 9.90 Å². The van der Waals surface area contributed by atoms with Crippen molar-refractivity contribution >= 4 is 5.91 Å². The summed E-state index contributed by atoms with van der Waals surface area (Å²) in [7, 11) is 0. The number of amides is 1. The van der Waals surface area contributed by atoms with Crippen LogP contribution in [-0.4, -0.2) is 32.7 Å². The molecule has 0 aliphatic carbocycles. The molecule has 2 aromatic rings. The highest BCUT2D eigenvalue weighted by molar-refractivity contribution is 5.79. The van der Waals surface area contributed by atoms with Crippen molar-refractivity contribution in [3.63, 3.8) is 0 Å². The molecule has 5 nitrogen and oxygen atoms in total. The molecule has 0 saturated heterocycles. The summed E-state index contributed by atoms with van der Waals surface area (Å²) in [5, 5.41) is 17.3. The molecule has 2 heterocycles. The molecule has 0 saturated carbocycles. The first kappa shape index (κ1) is 14.8. The number of benzene rings is 1. The largest absolute Gasteiger partial charge is 0.388 e. The predicted octanol–water partition coefficient (Wildman–Crippen LogP) is 2.03. The lowest BCUT2D eigenvalue weighted by molar-refractivity contribution is -0.131. The number of fused-ring (bicyclic) bond motifs is 1.